The van der Waals surface area contributed by atoms with Crippen molar-refractivity contribution in [3.8, 4) is 0 Å². The Labute approximate surface area is 140 Å². The van der Waals surface area contributed by atoms with Crippen molar-refractivity contribution in [2.24, 2.45) is 4.99 Å². The number of hydrogen-bond donors (Lipinski definition) is 1. The zero-order chi connectivity index (χ0) is 16.1. The normalized spacial score (nSPS) is 17.7. The molecule has 0 fully saturated rings. The second-order valence-corrected chi connectivity index (χ2v) is 7.96. The van der Waals surface area contributed by atoms with Crippen molar-refractivity contribution in [2.75, 3.05) is 0 Å². The lowest BCUT2D eigenvalue weighted by Gasteiger charge is -2.02. The number of nitrogens with one attached hydrogen (secondary N) is 1. The molecular formula is C17H16N2O2S2. The fraction of sp³-hybridized carbons (Fsp3) is 0.118. The van der Waals surface area contributed by atoms with Crippen LogP contribution < -0.4 is 4.72 Å². The minimum absolute atomic E-state index is 0.313. The van der Waals surface area contributed by atoms with Gasteiger partial charge in [-0.3, -0.25) is 9.71 Å². The molecule has 0 aliphatic carbocycles. The maximum Gasteiger partial charge on any atom is 0.269 e. The maximum atomic E-state index is 12.1. The van der Waals surface area contributed by atoms with E-state index in [-0.39, 0.29) is 0 Å². The lowest BCUT2D eigenvalue weighted by Crippen LogP contribution is -2.22. The highest BCUT2D eigenvalue weighted by atomic mass is 32.3. The summed E-state index contributed by atoms with van der Waals surface area (Å²) in [6.07, 6.45) is 1.60. The lowest BCUT2D eigenvalue weighted by molar-refractivity contribution is 0.602. The van der Waals surface area contributed by atoms with Crippen LogP contribution >= 0.6 is 11.8 Å². The largest absolute Gasteiger partial charge is 0.269 e. The molecule has 6 heteroatoms. The molecule has 0 amide bonds. The Morgan fingerprint density at radius 3 is 2.17 bits per heavy atom. The number of thioether (sulfide) groups is 1. The van der Waals surface area contributed by atoms with E-state index < -0.39 is 10.0 Å². The van der Waals surface area contributed by atoms with Crippen LogP contribution in [0.15, 0.2) is 76.0 Å². The monoisotopic (exact) mass is 344 g/mol. The lowest BCUT2D eigenvalue weighted by atomic mass is 10.2. The Morgan fingerprint density at radius 1 is 0.913 bits per heavy atom. The third-order valence-corrected chi connectivity index (χ3v) is 6.27. The van der Waals surface area contributed by atoms with Gasteiger partial charge < -0.3 is 0 Å². The van der Waals surface area contributed by atoms with E-state index >= 15 is 0 Å². The topological polar surface area (TPSA) is 58.5 Å². The second kappa shape index (κ2) is 7.02. The summed E-state index contributed by atoms with van der Waals surface area (Å²) in [6.45, 7) is 0.450. The van der Waals surface area contributed by atoms with E-state index in [1.54, 1.807) is 6.08 Å². The highest BCUT2D eigenvalue weighted by Gasteiger charge is 2.26. The van der Waals surface area contributed by atoms with Crippen molar-refractivity contribution < 1.29 is 8.42 Å². The van der Waals surface area contributed by atoms with Crippen LogP contribution in [0.5, 0.6) is 0 Å². The van der Waals surface area contributed by atoms with Crippen LogP contribution in [0.25, 0.3) is 0 Å². The molecule has 118 valence electrons. The van der Waals surface area contributed by atoms with Crippen LogP contribution in [0, 0.1) is 0 Å². The first kappa shape index (κ1) is 15.8. The third kappa shape index (κ3) is 4.24. The average Bonchev–Trinajstić information content (AvgIpc) is 2.87. The fourth-order valence-electron chi connectivity index (χ4n) is 2.09. The number of amidine groups is 1. The molecule has 2 aromatic carbocycles. The predicted octanol–water partition coefficient (Wildman–Crippen LogP) is 3.29. The van der Waals surface area contributed by atoms with Crippen LogP contribution in [0.2, 0.25) is 0 Å². The summed E-state index contributed by atoms with van der Waals surface area (Å²) in [5.74, 6) is 1.00. The van der Waals surface area contributed by atoms with Gasteiger partial charge in [-0.25, -0.2) is 8.42 Å². The van der Waals surface area contributed by atoms with Gasteiger partial charge in [0.1, 0.15) is 10.1 Å². The van der Waals surface area contributed by atoms with E-state index in [0.717, 1.165) is 11.1 Å². The van der Waals surface area contributed by atoms with Crippen molar-refractivity contribution in [3.63, 3.8) is 0 Å². The molecule has 0 radical (unpaired) electrons. The highest BCUT2D eigenvalue weighted by molar-refractivity contribution is 8.18. The zero-order valence-corrected chi connectivity index (χ0v) is 14.0. The Bertz CT molecular complexity index is 829. The van der Waals surface area contributed by atoms with E-state index in [9.17, 15) is 8.42 Å². The van der Waals surface area contributed by atoms with Crippen LogP contribution in [0.1, 0.15) is 11.1 Å². The number of hydrogen-bond acceptors (Lipinski definition) is 4. The summed E-state index contributed by atoms with van der Waals surface area (Å²) in [5.41, 5.74) is 2.13. The Morgan fingerprint density at radius 2 is 1.52 bits per heavy atom. The molecule has 2 aromatic rings. The summed E-state index contributed by atoms with van der Waals surface area (Å²) in [5, 5.41) is 0. The molecule has 0 aromatic heterocycles. The molecule has 0 saturated heterocycles. The van der Waals surface area contributed by atoms with Gasteiger partial charge in [0.05, 0.1) is 6.54 Å². The standard InChI is InChI=1S/C17H16N2O2S2/c20-23(21)17(22-13-15-9-5-2-6-10-15)11-16(19-23)18-12-14-7-3-1-4-8-14/h1-11H,12-13H2,(H,18,19). The second-order valence-electron chi connectivity index (χ2n) is 5.03. The minimum Gasteiger partial charge on any atom is -0.263 e. The van der Waals surface area contributed by atoms with Crippen LogP contribution in [0.3, 0.4) is 0 Å². The Kier molecular flexibility index (Phi) is 4.83. The number of rotatable bonds is 5. The fourth-order valence-corrected chi connectivity index (χ4v) is 4.48. The quantitative estimate of drug-likeness (QED) is 0.905. The van der Waals surface area contributed by atoms with Gasteiger partial charge in [0, 0.05) is 11.8 Å². The minimum atomic E-state index is -3.47. The summed E-state index contributed by atoms with van der Waals surface area (Å²) in [6, 6.07) is 19.5. The molecule has 0 atom stereocenters. The molecular weight excluding hydrogens is 328 g/mol. The third-order valence-electron chi connectivity index (χ3n) is 3.26. The SMILES string of the molecule is O=S1(=O)NC(=NCc2ccccc2)C=C1SCc1ccccc1. The van der Waals surface area contributed by atoms with Gasteiger partial charge in [-0.2, -0.15) is 0 Å². The van der Waals surface area contributed by atoms with E-state index in [2.05, 4.69) is 9.71 Å². The number of aliphatic imine (C=N–C) groups is 1. The smallest absolute Gasteiger partial charge is 0.263 e. The van der Waals surface area contributed by atoms with Crippen molar-refractivity contribution in [2.45, 2.75) is 12.3 Å². The summed E-state index contributed by atoms with van der Waals surface area (Å²) in [4.78, 5) is 4.33. The van der Waals surface area contributed by atoms with E-state index in [4.69, 9.17) is 0 Å². The number of benzene rings is 2. The number of nitrogens with zero attached hydrogens (tertiary/aromatic N) is 1. The Hall–Kier alpha value is -2.05. The molecule has 23 heavy (non-hydrogen) atoms. The van der Waals surface area contributed by atoms with Gasteiger partial charge in [0.2, 0.25) is 0 Å². The van der Waals surface area contributed by atoms with Crippen LogP contribution in [-0.2, 0) is 22.3 Å². The molecule has 3 rings (SSSR count). The summed E-state index contributed by atoms with van der Waals surface area (Å²) < 4.78 is 27.1. The highest BCUT2D eigenvalue weighted by Crippen LogP contribution is 2.28. The molecule has 0 unspecified atom stereocenters. The number of sulfonamides is 1. The molecule has 0 bridgehead atoms. The first-order chi connectivity index (χ1) is 11.1. The van der Waals surface area contributed by atoms with Gasteiger partial charge in [-0.05, 0) is 11.1 Å². The van der Waals surface area contributed by atoms with E-state index in [1.807, 2.05) is 60.7 Å². The van der Waals surface area contributed by atoms with E-state index in [1.165, 1.54) is 11.8 Å². The summed E-state index contributed by atoms with van der Waals surface area (Å²) in [7, 11) is -3.47. The molecule has 4 nitrogen and oxygen atoms in total. The first-order valence-electron chi connectivity index (χ1n) is 7.13. The van der Waals surface area contributed by atoms with Gasteiger partial charge in [-0.15, -0.1) is 11.8 Å². The Balaban J connectivity index is 1.69. The van der Waals surface area contributed by atoms with E-state index in [0.29, 0.717) is 22.4 Å². The molecule has 1 N–H and O–H groups in total. The van der Waals surface area contributed by atoms with Gasteiger partial charge in [0.15, 0.2) is 0 Å². The molecule has 0 saturated carbocycles. The van der Waals surface area contributed by atoms with Gasteiger partial charge >= 0.3 is 0 Å². The zero-order valence-electron chi connectivity index (χ0n) is 12.3. The van der Waals surface area contributed by atoms with Gasteiger partial charge in [0.25, 0.3) is 10.0 Å². The maximum absolute atomic E-state index is 12.1. The van der Waals surface area contributed by atoms with Crippen molar-refractivity contribution in [1.82, 2.24) is 4.72 Å². The van der Waals surface area contributed by atoms with Gasteiger partial charge in [-0.1, -0.05) is 60.7 Å². The summed E-state index contributed by atoms with van der Waals surface area (Å²) >= 11 is 1.30. The molecule has 0 spiro atoms. The van der Waals surface area contributed by atoms with Crippen molar-refractivity contribution in [1.29, 1.82) is 0 Å². The molecule has 1 aliphatic rings. The molecule has 1 heterocycles. The van der Waals surface area contributed by atoms with Crippen LogP contribution in [-0.4, -0.2) is 14.3 Å². The predicted molar refractivity (Wildman–Crippen MR) is 95.5 cm³/mol. The van der Waals surface area contributed by atoms with Crippen LogP contribution in [0.4, 0.5) is 0 Å². The van der Waals surface area contributed by atoms with Crippen molar-refractivity contribution >= 4 is 27.6 Å². The first-order valence-corrected chi connectivity index (χ1v) is 9.60. The molecule has 1 aliphatic heterocycles. The average molecular weight is 344 g/mol. The van der Waals surface area contributed by atoms with Crippen molar-refractivity contribution in [3.05, 3.63) is 82.1 Å².